The summed E-state index contributed by atoms with van der Waals surface area (Å²) in [5.74, 6) is -1.32. The highest BCUT2D eigenvalue weighted by Crippen LogP contribution is 2.47. The zero-order valence-corrected chi connectivity index (χ0v) is 26.1. The molecule has 0 amide bonds. The number of hydrogen-bond acceptors (Lipinski definition) is 14. The third-order valence-corrected chi connectivity index (χ3v) is 10.1. The molecule has 47 heavy (non-hydrogen) atoms. The van der Waals surface area contributed by atoms with E-state index in [2.05, 4.69) is 15.2 Å². The summed E-state index contributed by atoms with van der Waals surface area (Å²) in [6.07, 6.45) is -0.300. The Kier molecular flexibility index (Phi) is 9.47. The molecule has 3 fully saturated rings. The van der Waals surface area contributed by atoms with E-state index in [0.29, 0.717) is 31.2 Å². The summed E-state index contributed by atoms with van der Waals surface area (Å²) in [7, 11) is -4.58. The van der Waals surface area contributed by atoms with Gasteiger partial charge in [0, 0.05) is 0 Å². The van der Waals surface area contributed by atoms with Crippen LogP contribution in [0.1, 0.15) is 50.6 Å². The summed E-state index contributed by atoms with van der Waals surface area (Å²) < 4.78 is 44.0. The molecule has 2 saturated carbocycles. The molecule has 1 aromatic carbocycles. The number of benzene rings is 1. The Morgan fingerprint density at radius 1 is 1.13 bits per heavy atom. The van der Waals surface area contributed by atoms with Crippen molar-refractivity contribution >= 4 is 31.0 Å². The number of ether oxygens (including phenoxy) is 3. The molecule has 3 aliphatic rings. The maximum atomic E-state index is 14.3. The van der Waals surface area contributed by atoms with Crippen molar-refractivity contribution in [1.82, 2.24) is 19.7 Å². The van der Waals surface area contributed by atoms with E-state index in [9.17, 15) is 29.6 Å². The minimum absolute atomic E-state index is 0.0590. The van der Waals surface area contributed by atoms with E-state index >= 15 is 0 Å². The molecule has 3 aromatic rings. The number of nitrogen functional groups attached to an aromatic ring is 1. The van der Waals surface area contributed by atoms with Crippen LogP contribution in [0.4, 0.5) is 5.82 Å². The van der Waals surface area contributed by atoms with Crippen LogP contribution < -0.4 is 15.3 Å². The molecule has 1 aliphatic heterocycles. The van der Waals surface area contributed by atoms with Crippen molar-refractivity contribution in [3.63, 3.8) is 0 Å². The number of carbonyl (C=O) groups excluding carboxylic acids is 2. The molecule has 0 bridgehead atoms. The number of fused-ring (bicyclic) bond motifs is 1. The standard InChI is InChI=1S/C30H35N6O10P/c31-16-30(24-13-12-22-28(32)33-17-34-36(22)24)27(39)26(38)23(45-30)15-42-47(41,46-20-6-2-1-3-7-20)35-21(29(40)44-19-10-5-11-19)14-25(37)43-18-8-4-9-18/h1-3,6-7,12-13,17-19,21,23,26-27,38-39H,4-5,8-11,14-15H2,(H,35,41)(H2,32,33,34)/t21-,23+,26+,27+,30-,47+/m0/s1. The first kappa shape index (κ1) is 32.8. The van der Waals surface area contributed by atoms with E-state index in [0.717, 1.165) is 19.2 Å². The van der Waals surface area contributed by atoms with E-state index in [1.165, 1.54) is 28.8 Å². The van der Waals surface area contributed by atoms with Crippen LogP contribution >= 0.6 is 7.75 Å². The summed E-state index contributed by atoms with van der Waals surface area (Å²) in [5.41, 5.74) is 4.18. The summed E-state index contributed by atoms with van der Waals surface area (Å²) in [6.45, 7) is -0.684. The lowest BCUT2D eigenvalue weighted by Crippen LogP contribution is -2.43. The predicted octanol–water partition coefficient (Wildman–Crippen LogP) is 1.89. The topological polar surface area (TPSA) is 230 Å². The van der Waals surface area contributed by atoms with Gasteiger partial charge in [-0.25, -0.2) is 14.1 Å². The van der Waals surface area contributed by atoms with Gasteiger partial charge in [0.05, 0.1) is 18.7 Å². The number of nitrogens with two attached hydrogens (primary N) is 1. The maximum absolute atomic E-state index is 14.3. The molecule has 16 nitrogen and oxygen atoms in total. The Morgan fingerprint density at radius 2 is 1.83 bits per heavy atom. The van der Waals surface area contributed by atoms with Gasteiger partial charge in [0.2, 0.25) is 5.60 Å². The molecule has 3 heterocycles. The molecule has 250 valence electrons. The lowest BCUT2D eigenvalue weighted by Gasteiger charge is -2.30. The van der Waals surface area contributed by atoms with Gasteiger partial charge in [-0.3, -0.25) is 14.1 Å². The third-order valence-electron chi connectivity index (χ3n) is 8.52. The van der Waals surface area contributed by atoms with Crippen molar-refractivity contribution in [3.05, 3.63) is 54.5 Å². The van der Waals surface area contributed by atoms with Gasteiger partial charge in [-0.1, -0.05) is 18.2 Å². The molecule has 6 atom stereocenters. The number of hydrogen-bond donors (Lipinski definition) is 4. The molecule has 0 radical (unpaired) electrons. The number of aliphatic hydroxyl groups excluding tert-OH is 2. The van der Waals surface area contributed by atoms with Crippen LogP contribution in [0.25, 0.3) is 5.52 Å². The van der Waals surface area contributed by atoms with E-state index in [4.69, 9.17) is 29.0 Å². The molecule has 2 aromatic heterocycles. The fourth-order valence-electron chi connectivity index (χ4n) is 5.43. The zero-order chi connectivity index (χ0) is 33.2. The van der Waals surface area contributed by atoms with Crippen LogP contribution in [0, 0.1) is 11.3 Å². The fraction of sp³-hybridized carbons (Fsp3) is 0.500. The summed E-state index contributed by atoms with van der Waals surface area (Å²) in [6, 6.07) is 11.4. The molecule has 1 saturated heterocycles. The van der Waals surface area contributed by atoms with Crippen molar-refractivity contribution in [2.75, 3.05) is 12.3 Å². The lowest BCUT2D eigenvalue weighted by molar-refractivity contribution is -0.162. The van der Waals surface area contributed by atoms with Gasteiger partial charge >= 0.3 is 19.7 Å². The van der Waals surface area contributed by atoms with E-state index in [1.807, 2.05) is 6.07 Å². The third kappa shape index (κ3) is 6.82. The van der Waals surface area contributed by atoms with Crippen molar-refractivity contribution < 1.29 is 47.6 Å². The Labute approximate surface area is 269 Å². The zero-order valence-electron chi connectivity index (χ0n) is 25.2. The van der Waals surface area contributed by atoms with Crippen LogP contribution in [-0.2, 0) is 38.5 Å². The first-order valence-electron chi connectivity index (χ1n) is 15.3. The summed E-state index contributed by atoms with van der Waals surface area (Å²) in [4.78, 5) is 29.9. The number of nitrogens with zero attached hydrogens (tertiary/aromatic N) is 4. The number of nitrogens with one attached hydrogen (secondary N) is 1. The van der Waals surface area contributed by atoms with Gasteiger partial charge in [0.25, 0.3) is 0 Å². The van der Waals surface area contributed by atoms with Gasteiger partial charge in [0.15, 0.2) is 5.82 Å². The minimum atomic E-state index is -4.58. The highest BCUT2D eigenvalue weighted by Gasteiger charge is 2.58. The highest BCUT2D eigenvalue weighted by atomic mass is 31.2. The quantitative estimate of drug-likeness (QED) is 0.150. The first-order chi connectivity index (χ1) is 22.6. The maximum Gasteiger partial charge on any atom is 0.459 e. The molecule has 0 unspecified atom stereocenters. The number of nitriles is 1. The molecule has 2 aliphatic carbocycles. The van der Waals surface area contributed by atoms with Crippen molar-refractivity contribution in [1.29, 1.82) is 5.26 Å². The number of aromatic nitrogens is 3. The summed E-state index contributed by atoms with van der Waals surface area (Å²) >= 11 is 0. The van der Waals surface area contributed by atoms with Gasteiger partial charge < -0.3 is 34.7 Å². The normalized spacial score (nSPS) is 26.4. The van der Waals surface area contributed by atoms with Crippen LogP contribution in [0.5, 0.6) is 5.75 Å². The van der Waals surface area contributed by atoms with Crippen LogP contribution in [0.3, 0.4) is 0 Å². The smallest absolute Gasteiger partial charge is 0.459 e. The van der Waals surface area contributed by atoms with E-state index in [1.54, 1.807) is 18.2 Å². The average Bonchev–Trinajstić information content (AvgIpc) is 3.56. The highest BCUT2D eigenvalue weighted by molar-refractivity contribution is 7.52. The Hall–Kier alpha value is -4.10. The van der Waals surface area contributed by atoms with E-state index in [-0.39, 0.29) is 29.5 Å². The average molecular weight is 671 g/mol. The number of aliphatic hydroxyl groups is 2. The second-order valence-corrected chi connectivity index (χ2v) is 13.4. The Bertz CT molecular complexity index is 1690. The predicted molar refractivity (Wildman–Crippen MR) is 161 cm³/mol. The van der Waals surface area contributed by atoms with Crippen molar-refractivity contribution in [3.8, 4) is 11.8 Å². The lowest BCUT2D eigenvalue weighted by atomic mass is 9.92. The second-order valence-electron chi connectivity index (χ2n) is 11.7. The van der Waals surface area contributed by atoms with Crippen LogP contribution in [0.2, 0.25) is 0 Å². The SMILES string of the molecule is N#C[C@@]1(c2ccc3c(N)ncnn23)O[C@H](CO[P@](=O)(N[C@@H](CC(=O)OC2CCC2)C(=O)OC2CCC2)Oc2ccccc2)[C@@H](O)[C@H]1O. The number of rotatable bonds is 13. The number of carbonyl (C=O) groups is 2. The molecule has 0 spiro atoms. The molecule has 17 heteroatoms. The molecule has 6 rings (SSSR count). The second kappa shape index (κ2) is 13.6. The fourth-order valence-corrected chi connectivity index (χ4v) is 6.93. The molecular weight excluding hydrogens is 635 g/mol. The first-order valence-corrected chi connectivity index (χ1v) is 16.9. The number of esters is 2. The largest absolute Gasteiger partial charge is 0.462 e. The Balaban J connectivity index is 1.24. The van der Waals surface area contributed by atoms with Gasteiger partial charge in [-0.2, -0.15) is 15.4 Å². The van der Waals surface area contributed by atoms with E-state index < -0.39 is 62.7 Å². The number of anilines is 1. The molecular formula is C30H35N6O10P. The minimum Gasteiger partial charge on any atom is -0.462 e. The van der Waals surface area contributed by atoms with Crippen LogP contribution in [0.15, 0.2) is 48.8 Å². The van der Waals surface area contributed by atoms with Crippen molar-refractivity contribution in [2.24, 2.45) is 0 Å². The number of para-hydroxylation sites is 1. The van der Waals surface area contributed by atoms with Gasteiger partial charge in [0.1, 0.15) is 60.2 Å². The Morgan fingerprint density at radius 3 is 2.49 bits per heavy atom. The summed E-state index contributed by atoms with van der Waals surface area (Å²) in [5, 5.41) is 39.0. The van der Waals surface area contributed by atoms with Crippen molar-refractivity contribution in [2.45, 2.75) is 87.1 Å². The molecule has 5 N–H and O–H groups in total. The van der Waals surface area contributed by atoms with Gasteiger partial charge in [-0.15, -0.1) is 0 Å². The van der Waals surface area contributed by atoms with Crippen LogP contribution in [-0.4, -0.2) is 79.9 Å². The van der Waals surface area contributed by atoms with Gasteiger partial charge in [-0.05, 0) is 62.8 Å². The monoisotopic (exact) mass is 670 g/mol.